The topological polar surface area (TPSA) is 52.6 Å². The van der Waals surface area contributed by atoms with E-state index in [1.807, 2.05) is 0 Å². The Hall–Kier alpha value is -1.32. The highest BCUT2D eigenvalue weighted by molar-refractivity contribution is 5.95. The van der Waals surface area contributed by atoms with Crippen molar-refractivity contribution in [1.82, 2.24) is 0 Å². The van der Waals surface area contributed by atoms with Crippen molar-refractivity contribution in [2.45, 2.75) is 70.5 Å². The quantitative estimate of drug-likeness (QED) is 0.580. The largest absolute Gasteiger partial charge is 0.459 e. The van der Waals surface area contributed by atoms with Gasteiger partial charge in [-0.2, -0.15) is 0 Å². The summed E-state index contributed by atoms with van der Waals surface area (Å²) in [5.74, 6) is -0.817. The Bertz CT molecular complexity index is 360. The van der Waals surface area contributed by atoms with Gasteiger partial charge in [-0.1, -0.05) is 0 Å². The number of ether oxygens (including phenoxy) is 2. The van der Waals surface area contributed by atoms with Gasteiger partial charge >= 0.3 is 11.9 Å². The third-order valence-electron chi connectivity index (χ3n) is 3.82. The standard InChI is InChI=1S/C15H22O4/c1-11(15(17)19-13-8-4-5-9-13)10-14(16)18-12-6-2-3-7-12/h10,12-13H,2-9H2,1H3. The van der Waals surface area contributed by atoms with E-state index >= 15 is 0 Å². The monoisotopic (exact) mass is 266 g/mol. The second-order valence-corrected chi connectivity index (χ2v) is 5.48. The van der Waals surface area contributed by atoms with Crippen LogP contribution in [-0.4, -0.2) is 24.1 Å². The summed E-state index contributed by atoms with van der Waals surface area (Å²) in [6.45, 7) is 1.60. The molecule has 0 aromatic heterocycles. The van der Waals surface area contributed by atoms with E-state index in [-0.39, 0.29) is 12.2 Å². The normalized spacial score (nSPS) is 21.6. The van der Waals surface area contributed by atoms with Crippen LogP contribution in [0.3, 0.4) is 0 Å². The summed E-state index contributed by atoms with van der Waals surface area (Å²) in [5.41, 5.74) is 0.329. The molecule has 4 heteroatoms. The van der Waals surface area contributed by atoms with Crippen molar-refractivity contribution < 1.29 is 19.1 Å². The van der Waals surface area contributed by atoms with Gasteiger partial charge in [-0.05, 0) is 58.3 Å². The van der Waals surface area contributed by atoms with Crippen LogP contribution in [0.2, 0.25) is 0 Å². The average Bonchev–Trinajstić information content (AvgIpc) is 3.01. The van der Waals surface area contributed by atoms with Gasteiger partial charge in [-0.3, -0.25) is 0 Å². The molecule has 0 aromatic carbocycles. The lowest BCUT2D eigenvalue weighted by molar-refractivity contribution is -0.146. The van der Waals surface area contributed by atoms with Crippen LogP contribution in [0, 0.1) is 0 Å². The summed E-state index contributed by atoms with van der Waals surface area (Å²) in [7, 11) is 0. The Morgan fingerprint density at radius 1 is 0.895 bits per heavy atom. The maximum absolute atomic E-state index is 11.8. The lowest BCUT2D eigenvalue weighted by Crippen LogP contribution is -2.17. The SMILES string of the molecule is CC(=CC(=O)OC1CCCC1)C(=O)OC1CCCC1. The number of carbonyl (C=O) groups excluding carboxylic acids is 2. The van der Waals surface area contributed by atoms with Crippen LogP contribution in [-0.2, 0) is 19.1 Å². The minimum atomic E-state index is -0.423. The Balaban J connectivity index is 1.79. The molecule has 0 atom stereocenters. The Morgan fingerprint density at radius 3 is 1.89 bits per heavy atom. The van der Waals surface area contributed by atoms with Gasteiger partial charge in [-0.15, -0.1) is 0 Å². The van der Waals surface area contributed by atoms with Crippen LogP contribution in [0.15, 0.2) is 11.6 Å². The Morgan fingerprint density at radius 2 is 1.37 bits per heavy atom. The number of hydrogen-bond acceptors (Lipinski definition) is 4. The molecule has 0 saturated heterocycles. The molecule has 0 N–H and O–H groups in total. The summed E-state index contributed by atoms with van der Waals surface area (Å²) in [6, 6.07) is 0. The minimum Gasteiger partial charge on any atom is -0.459 e. The predicted molar refractivity (Wildman–Crippen MR) is 70.5 cm³/mol. The maximum atomic E-state index is 11.8. The summed E-state index contributed by atoms with van der Waals surface area (Å²) >= 11 is 0. The summed E-state index contributed by atoms with van der Waals surface area (Å²) in [5, 5.41) is 0. The van der Waals surface area contributed by atoms with Crippen LogP contribution in [0.4, 0.5) is 0 Å². The highest BCUT2D eigenvalue weighted by Gasteiger charge is 2.21. The molecule has 0 unspecified atom stereocenters. The van der Waals surface area contributed by atoms with E-state index in [1.54, 1.807) is 6.92 Å². The fourth-order valence-electron chi connectivity index (χ4n) is 2.69. The van der Waals surface area contributed by atoms with Crippen molar-refractivity contribution in [3.63, 3.8) is 0 Å². The van der Waals surface area contributed by atoms with Gasteiger partial charge in [0.1, 0.15) is 12.2 Å². The molecule has 0 heterocycles. The molecule has 2 saturated carbocycles. The lowest BCUT2D eigenvalue weighted by atomic mass is 10.2. The van der Waals surface area contributed by atoms with Gasteiger partial charge in [0.25, 0.3) is 0 Å². The van der Waals surface area contributed by atoms with Crippen LogP contribution in [0.1, 0.15) is 58.3 Å². The molecule has 0 spiro atoms. The van der Waals surface area contributed by atoms with Crippen molar-refractivity contribution >= 4 is 11.9 Å². The first-order valence-corrected chi connectivity index (χ1v) is 7.25. The minimum absolute atomic E-state index is 0.0294. The smallest absolute Gasteiger partial charge is 0.334 e. The molecule has 4 nitrogen and oxygen atoms in total. The molecule has 19 heavy (non-hydrogen) atoms. The first-order valence-electron chi connectivity index (χ1n) is 7.25. The third-order valence-corrected chi connectivity index (χ3v) is 3.82. The third kappa shape index (κ3) is 4.37. The summed E-state index contributed by atoms with van der Waals surface area (Å²) in [4.78, 5) is 23.4. The molecule has 0 aliphatic heterocycles. The average molecular weight is 266 g/mol. The zero-order valence-corrected chi connectivity index (χ0v) is 11.5. The van der Waals surface area contributed by atoms with Gasteiger partial charge in [0.05, 0.1) is 0 Å². The van der Waals surface area contributed by atoms with E-state index < -0.39 is 11.9 Å². The molecule has 2 aliphatic rings. The molecule has 2 rings (SSSR count). The Labute approximate surface area is 114 Å². The van der Waals surface area contributed by atoms with E-state index in [0.717, 1.165) is 51.4 Å². The summed E-state index contributed by atoms with van der Waals surface area (Å²) < 4.78 is 10.6. The number of hydrogen-bond donors (Lipinski definition) is 0. The molecule has 0 amide bonds. The zero-order valence-electron chi connectivity index (χ0n) is 11.5. The molecular weight excluding hydrogens is 244 g/mol. The van der Waals surface area contributed by atoms with E-state index in [2.05, 4.69) is 0 Å². The van der Waals surface area contributed by atoms with Crippen molar-refractivity contribution in [2.24, 2.45) is 0 Å². The van der Waals surface area contributed by atoms with Crippen LogP contribution in [0.25, 0.3) is 0 Å². The Kier molecular flexibility index (Phi) is 5.00. The van der Waals surface area contributed by atoms with Crippen molar-refractivity contribution in [3.05, 3.63) is 11.6 Å². The summed E-state index contributed by atoms with van der Waals surface area (Å²) in [6.07, 6.45) is 9.52. The molecule has 2 aliphatic carbocycles. The fraction of sp³-hybridized carbons (Fsp3) is 0.733. The van der Waals surface area contributed by atoms with E-state index in [9.17, 15) is 9.59 Å². The van der Waals surface area contributed by atoms with Gasteiger partial charge in [0.2, 0.25) is 0 Å². The highest BCUT2D eigenvalue weighted by Crippen LogP contribution is 2.23. The van der Waals surface area contributed by atoms with Gasteiger partial charge in [0, 0.05) is 11.6 Å². The first kappa shape index (κ1) is 14.1. The number of esters is 2. The maximum Gasteiger partial charge on any atom is 0.334 e. The second kappa shape index (κ2) is 6.73. The molecule has 2 fully saturated rings. The van der Waals surface area contributed by atoms with Crippen LogP contribution in [0.5, 0.6) is 0 Å². The van der Waals surface area contributed by atoms with Crippen LogP contribution < -0.4 is 0 Å². The van der Waals surface area contributed by atoms with Gasteiger partial charge < -0.3 is 9.47 Å². The molecule has 0 radical (unpaired) electrons. The van der Waals surface area contributed by atoms with E-state index in [1.165, 1.54) is 6.08 Å². The zero-order chi connectivity index (χ0) is 13.7. The predicted octanol–water partition coefficient (Wildman–Crippen LogP) is 2.90. The van der Waals surface area contributed by atoms with E-state index in [0.29, 0.717) is 5.57 Å². The van der Waals surface area contributed by atoms with Gasteiger partial charge in [-0.25, -0.2) is 9.59 Å². The first-order chi connectivity index (χ1) is 9.15. The number of carbonyl (C=O) groups is 2. The van der Waals surface area contributed by atoms with Crippen LogP contribution >= 0.6 is 0 Å². The molecule has 106 valence electrons. The lowest BCUT2D eigenvalue weighted by Gasteiger charge is -2.12. The molecule has 0 bridgehead atoms. The molecule has 0 aromatic rings. The van der Waals surface area contributed by atoms with Crippen molar-refractivity contribution in [2.75, 3.05) is 0 Å². The second-order valence-electron chi connectivity index (χ2n) is 5.48. The fourth-order valence-corrected chi connectivity index (χ4v) is 2.69. The number of rotatable bonds is 4. The van der Waals surface area contributed by atoms with Crippen molar-refractivity contribution in [1.29, 1.82) is 0 Å². The van der Waals surface area contributed by atoms with Gasteiger partial charge in [0.15, 0.2) is 0 Å². The van der Waals surface area contributed by atoms with E-state index in [4.69, 9.17) is 9.47 Å². The highest BCUT2D eigenvalue weighted by atomic mass is 16.5. The molecular formula is C15H22O4. The van der Waals surface area contributed by atoms with Crippen molar-refractivity contribution in [3.8, 4) is 0 Å².